The van der Waals surface area contributed by atoms with Gasteiger partial charge in [0.05, 0.1) is 7.11 Å². The van der Waals surface area contributed by atoms with Gasteiger partial charge in [0.25, 0.3) is 5.56 Å². The summed E-state index contributed by atoms with van der Waals surface area (Å²) >= 11 is 0. The molecule has 1 aromatic heterocycles. The maximum Gasteiger partial charge on any atom is 0.328 e. The number of carbonyl (C=O) groups is 1. The largest absolute Gasteiger partial charge is 0.467 e. The summed E-state index contributed by atoms with van der Waals surface area (Å²) in [6.07, 6.45) is 4.80. The molecule has 0 amide bonds. The Kier molecular flexibility index (Phi) is 3.64. The lowest BCUT2D eigenvalue weighted by atomic mass is 10.2. The first-order chi connectivity index (χ1) is 8.69. The number of ether oxygens (including phenoxy) is 1. The quantitative estimate of drug-likeness (QED) is 0.728. The standard InChI is InChI=1S/C12H17N3O3/c1-3-14-8-6-13-10(11(14)16)15-7-4-5-9(15)12(17)18-2/h6,8-9H,3-5,7H2,1-2H3. The number of rotatable bonds is 3. The van der Waals surface area contributed by atoms with Crippen molar-refractivity contribution < 1.29 is 9.53 Å². The maximum absolute atomic E-state index is 12.2. The number of hydrogen-bond donors (Lipinski definition) is 0. The summed E-state index contributed by atoms with van der Waals surface area (Å²) in [5, 5.41) is 0. The molecule has 1 saturated heterocycles. The highest BCUT2D eigenvalue weighted by molar-refractivity contribution is 5.80. The Morgan fingerprint density at radius 2 is 2.39 bits per heavy atom. The van der Waals surface area contributed by atoms with Gasteiger partial charge < -0.3 is 14.2 Å². The van der Waals surface area contributed by atoms with Crippen LogP contribution in [0.3, 0.4) is 0 Å². The summed E-state index contributed by atoms with van der Waals surface area (Å²) in [7, 11) is 1.36. The van der Waals surface area contributed by atoms with E-state index in [0.717, 1.165) is 6.42 Å². The van der Waals surface area contributed by atoms with E-state index in [1.54, 1.807) is 21.9 Å². The minimum Gasteiger partial charge on any atom is -0.467 e. The monoisotopic (exact) mass is 251 g/mol. The Bertz CT molecular complexity index is 498. The highest BCUT2D eigenvalue weighted by atomic mass is 16.5. The van der Waals surface area contributed by atoms with Gasteiger partial charge >= 0.3 is 5.97 Å². The van der Waals surface area contributed by atoms with Crippen LogP contribution in [-0.4, -0.2) is 35.2 Å². The smallest absolute Gasteiger partial charge is 0.328 e. The van der Waals surface area contributed by atoms with E-state index in [4.69, 9.17) is 4.74 Å². The van der Waals surface area contributed by atoms with Crippen LogP contribution >= 0.6 is 0 Å². The fourth-order valence-electron chi connectivity index (χ4n) is 2.28. The van der Waals surface area contributed by atoms with Crippen LogP contribution in [0.15, 0.2) is 17.2 Å². The summed E-state index contributed by atoms with van der Waals surface area (Å²) in [5.74, 6) is 0.0350. The lowest BCUT2D eigenvalue weighted by molar-refractivity contribution is -0.141. The number of aromatic nitrogens is 2. The second-order valence-electron chi connectivity index (χ2n) is 4.22. The molecule has 0 N–H and O–H groups in total. The Morgan fingerprint density at radius 1 is 1.61 bits per heavy atom. The van der Waals surface area contributed by atoms with Crippen LogP contribution in [0.4, 0.5) is 5.82 Å². The highest BCUT2D eigenvalue weighted by Gasteiger charge is 2.33. The summed E-state index contributed by atoms with van der Waals surface area (Å²) in [6.45, 7) is 3.15. The van der Waals surface area contributed by atoms with Gasteiger partial charge in [0.2, 0.25) is 0 Å². The van der Waals surface area contributed by atoms with Crippen molar-refractivity contribution in [2.24, 2.45) is 0 Å². The molecule has 0 saturated carbocycles. The van der Waals surface area contributed by atoms with Crippen molar-refractivity contribution in [2.75, 3.05) is 18.6 Å². The molecule has 1 aromatic rings. The Morgan fingerprint density at radius 3 is 3.06 bits per heavy atom. The second kappa shape index (κ2) is 5.20. The molecule has 2 heterocycles. The van der Waals surface area contributed by atoms with E-state index in [1.807, 2.05) is 6.92 Å². The first-order valence-electron chi connectivity index (χ1n) is 6.09. The Labute approximate surface area is 105 Å². The van der Waals surface area contributed by atoms with Crippen molar-refractivity contribution in [3.05, 3.63) is 22.7 Å². The van der Waals surface area contributed by atoms with E-state index in [9.17, 15) is 9.59 Å². The molecule has 98 valence electrons. The summed E-state index contributed by atoms with van der Waals surface area (Å²) in [4.78, 5) is 29.7. The van der Waals surface area contributed by atoms with Gasteiger partial charge in [-0.2, -0.15) is 0 Å². The first-order valence-corrected chi connectivity index (χ1v) is 6.09. The van der Waals surface area contributed by atoms with Crippen LogP contribution in [0.5, 0.6) is 0 Å². The third-order valence-electron chi connectivity index (χ3n) is 3.23. The SMILES string of the molecule is CCn1ccnc(N2CCCC2C(=O)OC)c1=O. The first kappa shape index (κ1) is 12.6. The third-order valence-corrected chi connectivity index (χ3v) is 3.23. The van der Waals surface area contributed by atoms with Gasteiger partial charge in [0, 0.05) is 25.5 Å². The molecule has 1 atom stereocenters. The number of aryl methyl sites for hydroxylation is 1. The lowest BCUT2D eigenvalue weighted by Crippen LogP contribution is -2.41. The molecular weight excluding hydrogens is 234 g/mol. The second-order valence-corrected chi connectivity index (χ2v) is 4.22. The number of carbonyl (C=O) groups excluding carboxylic acids is 1. The van der Waals surface area contributed by atoms with Crippen LogP contribution in [0, 0.1) is 0 Å². The van der Waals surface area contributed by atoms with E-state index in [2.05, 4.69) is 4.98 Å². The summed E-state index contributed by atoms with van der Waals surface area (Å²) in [5.41, 5.74) is -0.157. The molecule has 1 unspecified atom stereocenters. The maximum atomic E-state index is 12.2. The van der Waals surface area contributed by atoms with Gasteiger partial charge in [-0.3, -0.25) is 4.79 Å². The molecule has 0 bridgehead atoms. The van der Waals surface area contributed by atoms with Crippen LogP contribution in [0.25, 0.3) is 0 Å². The van der Waals surface area contributed by atoms with Crippen LogP contribution in [0.2, 0.25) is 0 Å². The predicted octanol–water partition coefficient (Wildman–Crippen LogP) is 0.405. The number of nitrogens with zero attached hydrogens (tertiary/aromatic N) is 3. The fourth-order valence-corrected chi connectivity index (χ4v) is 2.28. The van der Waals surface area contributed by atoms with E-state index in [0.29, 0.717) is 25.3 Å². The molecule has 6 heteroatoms. The van der Waals surface area contributed by atoms with Gasteiger partial charge in [0.1, 0.15) is 6.04 Å². The molecule has 0 radical (unpaired) electrons. The van der Waals surface area contributed by atoms with Crippen molar-refractivity contribution in [2.45, 2.75) is 32.4 Å². The molecule has 6 nitrogen and oxygen atoms in total. The zero-order valence-corrected chi connectivity index (χ0v) is 10.6. The highest BCUT2D eigenvalue weighted by Crippen LogP contribution is 2.21. The summed E-state index contributed by atoms with van der Waals surface area (Å²) in [6, 6.07) is -0.386. The molecular formula is C12H17N3O3. The molecule has 0 aromatic carbocycles. The lowest BCUT2D eigenvalue weighted by Gasteiger charge is -2.23. The topological polar surface area (TPSA) is 64.4 Å². The van der Waals surface area contributed by atoms with E-state index in [1.165, 1.54) is 7.11 Å². The molecule has 1 fully saturated rings. The van der Waals surface area contributed by atoms with Crippen LogP contribution in [-0.2, 0) is 16.1 Å². The van der Waals surface area contributed by atoms with Crippen molar-refractivity contribution in [1.29, 1.82) is 0 Å². The fraction of sp³-hybridized carbons (Fsp3) is 0.583. The average Bonchev–Trinajstić information content (AvgIpc) is 2.87. The Hall–Kier alpha value is -1.85. The van der Waals surface area contributed by atoms with Crippen molar-refractivity contribution in [1.82, 2.24) is 9.55 Å². The van der Waals surface area contributed by atoms with Gasteiger partial charge in [-0.05, 0) is 19.8 Å². The van der Waals surface area contributed by atoms with Crippen molar-refractivity contribution >= 4 is 11.8 Å². The van der Waals surface area contributed by atoms with Crippen molar-refractivity contribution in [3.8, 4) is 0 Å². The van der Waals surface area contributed by atoms with Crippen LogP contribution in [0.1, 0.15) is 19.8 Å². The van der Waals surface area contributed by atoms with Crippen molar-refractivity contribution in [3.63, 3.8) is 0 Å². The van der Waals surface area contributed by atoms with Gasteiger partial charge in [-0.25, -0.2) is 9.78 Å². The molecule has 18 heavy (non-hydrogen) atoms. The minimum atomic E-state index is -0.386. The van der Waals surface area contributed by atoms with Gasteiger partial charge in [-0.15, -0.1) is 0 Å². The predicted molar refractivity (Wildman–Crippen MR) is 66.6 cm³/mol. The molecule has 2 rings (SSSR count). The number of methoxy groups -OCH3 is 1. The normalized spacial score (nSPS) is 19.0. The van der Waals surface area contributed by atoms with E-state index < -0.39 is 0 Å². The zero-order chi connectivity index (χ0) is 13.1. The van der Waals surface area contributed by atoms with E-state index >= 15 is 0 Å². The zero-order valence-electron chi connectivity index (χ0n) is 10.6. The summed E-state index contributed by atoms with van der Waals surface area (Å²) < 4.78 is 6.34. The van der Waals surface area contributed by atoms with Crippen LogP contribution < -0.4 is 10.5 Å². The molecule has 1 aliphatic heterocycles. The molecule has 1 aliphatic rings. The molecule has 0 aliphatic carbocycles. The number of anilines is 1. The average molecular weight is 251 g/mol. The third kappa shape index (κ3) is 2.10. The van der Waals surface area contributed by atoms with E-state index in [-0.39, 0.29) is 17.6 Å². The van der Waals surface area contributed by atoms with Gasteiger partial charge in [0.15, 0.2) is 5.82 Å². The Balaban J connectivity index is 2.36. The number of hydrogen-bond acceptors (Lipinski definition) is 5. The molecule has 0 spiro atoms. The minimum absolute atomic E-state index is 0.157. The van der Waals surface area contributed by atoms with Gasteiger partial charge in [-0.1, -0.05) is 0 Å². The number of esters is 1.